The van der Waals surface area contributed by atoms with E-state index in [9.17, 15) is 55.9 Å². The van der Waals surface area contributed by atoms with Crippen molar-refractivity contribution < 1.29 is 98.5 Å². The van der Waals surface area contributed by atoms with Gasteiger partial charge in [-0.05, 0) is 54.8 Å². The number of methoxy groups -OCH3 is 2. The van der Waals surface area contributed by atoms with Gasteiger partial charge in [0, 0.05) is 6.08 Å². The first-order valence-corrected chi connectivity index (χ1v) is 18.0. The number of aromatic hydroxyl groups is 2. The van der Waals surface area contributed by atoms with E-state index in [0.717, 1.165) is 6.08 Å². The number of ether oxygens (including phenoxy) is 9. The van der Waals surface area contributed by atoms with Crippen molar-refractivity contribution in [2.45, 2.75) is 105 Å². The second kappa shape index (κ2) is 19.8. The summed E-state index contributed by atoms with van der Waals surface area (Å²) in [5.41, 5.74) is 1.02. The molecule has 3 heterocycles. The third-order valence-electron chi connectivity index (χ3n) is 9.77. The van der Waals surface area contributed by atoms with Crippen molar-refractivity contribution in [1.29, 1.82) is 0 Å². The second-order valence-corrected chi connectivity index (χ2v) is 13.6. The van der Waals surface area contributed by atoms with Crippen LogP contribution in [0.1, 0.15) is 18.1 Å². The highest BCUT2D eigenvalue weighted by atomic mass is 16.8. The smallest absolute Gasteiger partial charge is 0.331 e. The molecule has 20 heteroatoms. The Morgan fingerprint density at radius 1 is 0.702 bits per heavy atom. The van der Waals surface area contributed by atoms with E-state index in [1.54, 1.807) is 12.1 Å². The Hall–Kier alpha value is -3.71. The van der Waals surface area contributed by atoms with Crippen molar-refractivity contribution in [2.75, 3.05) is 34.0 Å². The zero-order valence-corrected chi connectivity index (χ0v) is 31.2. The molecule has 15 atom stereocenters. The van der Waals surface area contributed by atoms with Gasteiger partial charge in [-0.1, -0.05) is 12.1 Å². The molecule has 3 fully saturated rings. The Morgan fingerprint density at radius 3 is 2.05 bits per heavy atom. The molecule has 0 unspecified atom stereocenters. The Balaban J connectivity index is 1.44. The van der Waals surface area contributed by atoms with Gasteiger partial charge in [0.15, 0.2) is 48.0 Å². The lowest BCUT2D eigenvalue weighted by Crippen LogP contribution is -2.65. The number of phenols is 2. The summed E-state index contributed by atoms with van der Waals surface area (Å²) in [6.45, 7) is -0.132. The van der Waals surface area contributed by atoms with E-state index in [4.69, 9.17) is 42.6 Å². The number of carbonyl (C=O) groups is 1. The molecule has 318 valence electrons. The van der Waals surface area contributed by atoms with Gasteiger partial charge < -0.3 is 93.7 Å². The SMILES string of the molecule is COc1ccc(CCO[C@H]2O[C@@H](CO[C@@H]3O[C@@H](CO)[C@H](O)[C@@H](O)[C@H]3O)[C@H](OC(=O)C=Cc3ccc(O)c(OC)c3)[C@H](O[C@@H]3O[C@@H](C)[C@@H](O)[C@H](O)[C@@H]3O)[C@H]2O)cc1O. The Morgan fingerprint density at radius 2 is 1.37 bits per heavy atom. The summed E-state index contributed by atoms with van der Waals surface area (Å²) in [5, 5.41) is 104. The predicted molar refractivity (Wildman–Crippen MR) is 190 cm³/mol. The minimum atomic E-state index is -1.86. The number of phenolic OH excluding ortho intramolecular Hbond substituents is 2. The summed E-state index contributed by atoms with van der Waals surface area (Å²) in [6, 6.07) is 8.92. The monoisotopic (exact) mass is 814 g/mol. The molecule has 10 N–H and O–H groups in total. The topological polar surface area (TPSA) is 302 Å². The average Bonchev–Trinajstić information content (AvgIpc) is 3.20. The third-order valence-corrected chi connectivity index (χ3v) is 9.77. The quantitative estimate of drug-likeness (QED) is 0.0652. The van der Waals surface area contributed by atoms with Crippen LogP contribution in [0.15, 0.2) is 42.5 Å². The van der Waals surface area contributed by atoms with E-state index < -0.39 is 111 Å². The molecule has 0 amide bonds. The third kappa shape index (κ3) is 10.5. The van der Waals surface area contributed by atoms with Crippen molar-refractivity contribution in [2.24, 2.45) is 0 Å². The molecule has 3 aliphatic rings. The largest absolute Gasteiger partial charge is 0.504 e. The average molecular weight is 815 g/mol. The van der Waals surface area contributed by atoms with E-state index in [1.165, 1.54) is 51.5 Å². The summed E-state index contributed by atoms with van der Waals surface area (Å²) in [5.74, 6) is -0.938. The molecule has 3 saturated heterocycles. The van der Waals surface area contributed by atoms with Gasteiger partial charge in [0.2, 0.25) is 0 Å². The van der Waals surface area contributed by atoms with E-state index >= 15 is 0 Å². The molecule has 0 radical (unpaired) electrons. The molecular formula is C37H50O20. The maximum Gasteiger partial charge on any atom is 0.331 e. The normalized spacial score (nSPS) is 35.9. The van der Waals surface area contributed by atoms with E-state index in [0.29, 0.717) is 11.1 Å². The minimum absolute atomic E-state index is 0.121. The van der Waals surface area contributed by atoms with Crippen molar-refractivity contribution >= 4 is 12.0 Å². The van der Waals surface area contributed by atoms with Crippen LogP contribution in [0.3, 0.4) is 0 Å². The maximum absolute atomic E-state index is 13.4. The fourth-order valence-corrected chi connectivity index (χ4v) is 6.46. The molecule has 20 nitrogen and oxygen atoms in total. The van der Waals surface area contributed by atoms with Crippen molar-refractivity contribution in [3.05, 3.63) is 53.6 Å². The van der Waals surface area contributed by atoms with Crippen LogP contribution >= 0.6 is 0 Å². The Bertz CT molecular complexity index is 1640. The predicted octanol–water partition coefficient (Wildman–Crippen LogP) is -2.59. The Kier molecular flexibility index (Phi) is 15.4. The molecule has 2 aromatic rings. The second-order valence-electron chi connectivity index (χ2n) is 13.6. The van der Waals surface area contributed by atoms with E-state index in [1.807, 2.05) is 0 Å². The number of aliphatic hydroxyl groups is 8. The first-order chi connectivity index (χ1) is 27.2. The summed E-state index contributed by atoms with van der Waals surface area (Å²) in [7, 11) is 2.73. The molecule has 5 rings (SSSR count). The van der Waals surface area contributed by atoms with Gasteiger partial charge in [-0.3, -0.25) is 0 Å². The van der Waals surface area contributed by atoms with Crippen LogP contribution in [0.5, 0.6) is 23.0 Å². The van der Waals surface area contributed by atoms with Crippen molar-refractivity contribution in [3.8, 4) is 23.0 Å². The van der Waals surface area contributed by atoms with Gasteiger partial charge in [0.1, 0.15) is 61.0 Å². The fraction of sp³-hybridized carbons (Fsp3) is 0.595. The summed E-state index contributed by atoms with van der Waals surface area (Å²) < 4.78 is 50.8. The first-order valence-electron chi connectivity index (χ1n) is 18.0. The lowest BCUT2D eigenvalue weighted by Gasteiger charge is -2.47. The Labute approximate surface area is 326 Å². The molecule has 57 heavy (non-hydrogen) atoms. The van der Waals surface area contributed by atoms with Gasteiger partial charge in [0.25, 0.3) is 0 Å². The number of benzene rings is 2. The van der Waals surface area contributed by atoms with Crippen LogP contribution in [-0.2, 0) is 44.4 Å². The van der Waals surface area contributed by atoms with E-state index in [2.05, 4.69) is 0 Å². The van der Waals surface area contributed by atoms with Crippen LogP contribution < -0.4 is 9.47 Å². The van der Waals surface area contributed by atoms with Gasteiger partial charge in [-0.2, -0.15) is 0 Å². The van der Waals surface area contributed by atoms with Crippen molar-refractivity contribution in [3.63, 3.8) is 0 Å². The molecule has 0 aliphatic carbocycles. The molecule has 2 aromatic carbocycles. The number of hydrogen-bond acceptors (Lipinski definition) is 20. The number of carbonyl (C=O) groups excluding carboxylic acids is 1. The van der Waals surface area contributed by atoms with Crippen LogP contribution in [0.4, 0.5) is 0 Å². The number of hydrogen-bond donors (Lipinski definition) is 10. The lowest BCUT2D eigenvalue weighted by atomic mass is 9.96. The maximum atomic E-state index is 13.4. The van der Waals surface area contributed by atoms with Gasteiger partial charge in [-0.25, -0.2) is 4.79 Å². The van der Waals surface area contributed by atoms with Crippen LogP contribution in [0.25, 0.3) is 6.08 Å². The highest BCUT2D eigenvalue weighted by molar-refractivity contribution is 5.87. The molecular weight excluding hydrogens is 764 g/mol. The van der Waals surface area contributed by atoms with Crippen LogP contribution in [0, 0.1) is 0 Å². The standard InChI is InChI=1S/C37H50O20/c1-16-26(42)28(44)31(47)37(53-16)57-34-32(48)36(51-11-10-18-5-8-21(49-2)20(40)12-18)55-24(15-52-35-30(46)29(45)27(43)23(14-38)54-35)33(34)56-25(41)9-6-17-4-7-19(39)22(13-17)50-3/h4-9,12-13,16,23-24,26-40,42-48H,10-11,14-15H2,1-3H3/t16-,23-,24-,26+,27-,28-,29+,30+,31-,32+,33-,34+,35+,36-,37-/m0/s1. The zero-order valence-electron chi connectivity index (χ0n) is 31.2. The lowest BCUT2D eigenvalue weighted by molar-refractivity contribution is -0.364. The molecule has 0 saturated carbocycles. The highest BCUT2D eigenvalue weighted by Crippen LogP contribution is 2.33. The summed E-state index contributed by atoms with van der Waals surface area (Å²) in [4.78, 5) is 13.4. The van der Waals surface area contributed by atoms with Crippen LogP contribution in [-0.4, -0.2) is 183 Å². The minimum Gasteiger partial charge on any atom is -0.504 e. The van der Waals surface area contributed by atoms with Crippen LogP contribution in [0.2, 0.25) is 0 Å². The molecule has 0 bridgehead atoms. The van der Waals surface area contributed by atoms with Gasteiger partial charge >= 0.3 is 5.97 Å². The van der Waals surface area contributed by atoms with Crippen molar-refractivity contribution in [1.82, 2.24) is 0 Å². The first kappa shape index (κ1) is 44.4. The number of aliphatic hydroxyl groups excluding tert-OH is 8. The van der Waals surface area contributed by atoms with Gasteiger partial charge in [0.05, 0.1) is 40.1 Å². The summed E-state index contributed by atoms with van der Waals surface area (Å²) in [6.07, 6.45) is -22.0. The molecule has 0 spiro atoms. The number of esters is 1. The molecule has 3 aliphatic heterocycles. The highest BCUT2D eigenvalue weighted by Gasteiger charge is 2.53. The summed E-state index contributed by atoms with van der Waals surface area (Å²) >= 11 is 0. The van der Waals surface area contributed by atoms with Gasteiger partial charge in [-0.15, -0.1) is 0 Å². The zero-order chi connectivity index (χ0) is 41.6. The number of rotatable bonds is 15. The van der Waals surface area contributed by atoms with E-state index in [-0.39, 0.29) is 36.0 Å². The fourth-order valence-electron chi connectivity index (χ4n) is 6.46. The molecule has 0 aromatic heterocycles.